The maximum atomic E-state index is 10.3. The van der Waals surface area contributed by atoms with Crippen LogP contribution in [0.1, 0.15) is 0 Å². The molecule has 0 radical (unpaired) electrons. The second-order valence-corrected chi connectivity index (χ2v) is 7.17. The van der Waals surface area contributed by atoms with Crippen molar-refractivity contribution in [3.8, 4) is 24.8 Å². The first kappa shape index (κ1) is 21.2. The SMILES string of the molecule is N#[C][Fe-2]([C]#N)([C]#N)([C]#N)([C]#N)[N]=O.[K+].[K+]. The van der Waals surface area contributed by atoms with Gasteiger partial charge in [-0.2, -0.15) is 0 Å². The van der Waals surface area contributed by atoms with Crippen molar-refractivity contribution in [1.82, 2.24) is 0 Å². The third-order valence-corrected chi connectivity index (χ3v) is 4.65. The summed E-state index contributed by atoms with van der Waals surface area (Å²) < 4.78 is 1.97. The van der Waals surface area contributed by atoms with E-state index in [1.165, 1.54) is 0 Å². The van der Waals surface area contributed by atoms with E-state index in [1.807, 2.05) is 4.19 Å². The van der Waals surface area contributed by atoms with Gasteiger partial charge in [-0.25, -0.2) is 0 Å². The van der Waals surface area contributed by atoms with Crippen molar-refractivity contribution >= 4 is 0 Å². The van der Waals surface area contributed by atoms with E-state index in [-0.39, 0.29) is 103 Å². The van der Waals surface area contributed by atoms with Gasteiger partial charge in [0.2, 0.25) is 0 Å². The van der Waals surface area contributed by atoms with Gasteiger partial charge in [-0.15, -0.1) is 0 Å². The molecule has 0 aliphatic heterocycles. The van der Waals surface area contributed by atoms with Crippen LogP contribution in [-0.4, -0.2) is 0 Å². The molecule has 10 heteroatoms. The van der Waals surface area contributed by atoms with Crippen LogP contribution < -0.4 is 103 Å². The Hall–Kier alpha value is 0.842. The number of hydrogen-bond acceptors (Lipinski definition) is 7. The minimum absolute atomic E-state index is 0. The first-order chi connectivity index (χ1) is 5.97. The molecule has 0 aromatic carbocycles. The molecule has 0 aliphatic rings. The van der Waals surface area contributed by atoms with Crippen LogP contribution in [0.15, 0.2) is 4.19 Å². The quantitative estimate of drug-likeness (QED) is 0.347. The maximum absolute atomic E-state index is 10.3. The van der Waals surface area contributed by atoms with Crippen LogP contribution in [0.5, 0.6) is 0 Å². The van der Waals surface area contributed by atoms with Gasteiger partial charge < -0.3 is 0 Å². The monoisotopic (exact) mass is 294 g/mol. The second-order valence-electron chi connectivity index (χ2n) is 1.74. The number of nitroso groups, excluding NO2 is 1. The summed E-state index contributed by atoms with van der Waals surface area (Å²) in [6.45, 7) is 0. The van der Waals surface area contributed by atoms with Crippen LogP contribution in [0.3, 0.4) is 0 Å². The van der Waals surface area contributed by atoms with E-state index < -0.39 is 11.0 Å². The molecular weight excluding hydrogens is 294 g/mol. The largest absolute Gasteiger partial charge is 1.00 e. The van der Waals surface area contributed by atoms with Gasteiger partial charge in [0.15, 0.2) is 0 Å². The van der Waals surface area contributed by atoms with E-state index in [0.29, 0.717) is 0 Å². The number of hydrogen-bond donors (Lipinski definition) is 0. The Bertz CT molecular complexity index is 402. The molecule has 15 heavy (non-hydrogen) atoms. The summed E-state index contributed by atoms with van der Waals surface area (Å²) in [5, 5.41) is 42.5. The van der Waals surface area contributed by atoms with Crippen LogP contribution in [0.25, 0.3) is 0 Å². The summed E-state index contributed by atoms with van der Waals surface area (Å²) in [6.07, 6.45) is 0. The van der Waals surface area contributed by atoms with Gasteiger partial charge in [-0.05, 0) is 0 Å². The van der Waals surface area contributed by atoms with Gasteiger partial charge in [-0.3, -0.25) is 0 Å². The molecule has 0 aromatic rings. The Morgan fingerprint density at radius 1 is 0.733 bits per heavy atom. The van der Waals surface area contributed by atoms with Crippen LogP contribution in [0.2, 0.25) is 0 Å². The molecule has 0 aromatic heterocycles. The predicted octanol–water partition coefficient (Wildman–Crippen LogP) is -5.69. The third-order valence-electron chi connectivity index (χ3n) is 1.13. The Labute approximate surface area is 170 Å². The zero-order valence-electron chi connectivity index (χ0n) is 7.95. The fourth-order valence-electron chi connectivity index (χ4n) is 0.249. The van der Waals surface area contributed by atoms with Crippen molar-refractivity contribution in [1.29, 1.82) is 26.3 Å². The molecule has 7 nitrogen and oxygen atoms in total. The minimum atomic E-state index is -6.40. The van der Waals surface area contributed by atoms with E-state index in [1.54, 1.807) is 0 Å². The van der Waals surface area contributed by atoms with E-state index >= 15 is 0 Å². The third kappa shape index (κ3) is 2.57. The van der Waals surface area contributed by atoms with Gasteiger partial charge in [0, 0.05) is 0 Å². The normalized spacial score (nSPS) is 11.9. The topological polar surface area (TPSA) is 148 Å². The first-order valence-electron chi connectivity index (χ1n) is 2.34. The average molecular weight is 294 g/mol. The zero-order chi connectivity index (χ0) is 10.7. The van der Waals surface area contributed by atoms with Gasteiger partial charge in [0.1, 0.15) is 0 Å². The Kier molecular flexibility index (Phi) is 8.41. The summed E-state index contributed by atoms with van der Waals surface area (Å²) in [5.41, 5.74) is 0. The van der Waals surface area contributed by atoms with Crippen molar-refractivity contribution in [2.75, 3.05) is 0 Å². The maximum Gasteiger partial charge on any atom is 1.00 e. The van der Waals surface area contributed by atoms with E-state index in [4.69, 9.17) is 26.3 Å². The van der Waals surface area contributed by atoms with Crippen LogP contribution in [0.4, 0.5) is 0 Å². The Morgan fingerprint density at radius 2 is 0.933 bits per heavy atom. The van der Waals surface area contributed by atoms with E-state index in [0.717, 1.165) is 24.8 Å². The number of nitriles is 5. The van der Waals surface area contributed by atoms with Gasteiger partial charge >= 0.3 is 174 Å². The van der Waals surface area contributed by atoms with Gasteiger partial charge in [0.05, 0.1) is 0 Å². The summed E-state index contributed by atoms with van der Waals surface area (Å²) in [6, 6.07) is 0. The molecule has 0 unspecified atom stereocenters. The fourth-order valence-corrected chi connectivity index (χ4v) is 1.03. The molecule has 0 N–H and O–H groups in total. The Morgan fingerprint density at radius 3 is 0.933 bits per heavy atom. The predicted molar refractivity (Wildman–Crippen MR) is 33.9 cm³/mol. The van der Waals surface area contributed by atoms with Crippen molar-refractivity contribution in [3.63, 3.8) is 0 Å². The first-order valence-corrected chi connectivity index (χ1v) is 5.60. The molecule has 66 valence electrons. The summed E-state index contributed by atoms with van der Waals surface area (Å²) >= 11 is 0. The molecule has 0 saturated carbocycles. The summed E-state index contributed by atoms with van der Waals surface area (Å²) in [5.74, 6) is 0. The summed E-state index contributed by atoms with van der Waals surface area (Å²) in [7, 11) is -6.40. The molecule has 0 amide bonds. The molecule has 0 aliphatic carbocycles. The van der Waals surface area contributed by atoms with Gasteiger partial charge in [0.25, 0.3) is 0 Å². The minimum Gasteiger partial charge on any atom is 1.00 e. The molecule has 0 rings (SSSR count). The molecule has 0 bridgehead atoms. The molecule has 0 heterocycles. The molecule has 0 spiro atoms. The average Bonchev–Trinajstić information content (AvgIpc) is 2.26. The van der Waals surface area contributed by atoms with E-state index in [9.17, 15) is 4.91 Å². The molecule has 0 atom stereocenters. The number of rotatable bonds is 1. The van der Waals surface area contributed by atoms with Gasteiger partial charge in [-0.1, -0.05) is 0 Å². The standard InChI is InChI=1S/5CN.Fe.2K.NO/c5*1-2;;;;1-2/q;;;;;-1;2*+1;-1. The second kappa shape index (κ2) is 5.96. The van der Waals surface area contributed by atoms with Crippen molar-refractivity contribution in [2.24, 2.45) is 4.19 Å². The smallest absolute Gasteiger partial charge is 1.00 e. The number of nitrogens with zero attached hydrogens (tertiary/aromatic N) is 6. The van der Waals surface area contributed by atoms with Crippen LogP contribution in [-0.2, 0) is 11.0 Å². The zero-order valence-corrected chi connectivity index (χ0v) is 15.3. The molecule has 0 saturated heterocycles. The van der Waals surface area contributed by atoms with Crippen molar-refractivity contribution < 1.29 is 114 Å². The fraction of sp³-hybridized carbons (Fsp3) is 0. The molecular formula is C5FeK2N6O. The summed E-state index contributed by atoms with van der Waals surface area (Å²) in [4.78, 5) is 14.9. The van der Waals surface area contributed by atoms with Crippen LogP contribution in [0, 0.1) is 56.1 Å². The van der Waals surface area contributed by atoms with Crippen molar-refractivity contribution in [3.05, 3.63) is 4.91 Å². The van der Waals surface area contributed by atoms with E-state index in [2.05, 4.69) is 0 Å². The Balaban J connectivity index is -0.000000720. The van der Waals surface area contributed by atoms with Crippen molar-refractivity contribution in [2.45, 2.75) is 0 Å². The molecule has 0 fully saturated rings. The van der Waals surface area contributed by atoms with Crippen LogP contribution >= 0.6 is 0 Å².